The Morgan fingerprint density at radius 2 is 2.06 bits per heavy atom. The fraction of sp³-hybridized carbons (Fsp3) is 0.583. The number of aliphatic hydroxyl groups excluding tert-OH is 1. The van der Waals surface area contributed by atoms with Crippen LogP contribution in [0.2, 0.25) is 5.28 Å². The largest absolute Gasteiger partial charge is 0.394 e. The maximum Gasteiger partial charge on any atom is 0.227 e. The molecule has 0 aliphatic heterocycles. The van der Waals surface area contributed by atoms with Crippen LogP contribution in [0.5, 0.6) is 0 Å². The van der Waals surface area contributed by atoms with E-state index in [1.54, 1.807) is 6.08 Å². The third kappa shape index (κ3) is 4.98. The summed E-state index contributed by atoms with van der Waals surface area (Å²) in [5.74, 6) is 1.37. The summed E-state index contributed by atoms with van der Waals surface area (Å²) in [6.45, 7) is 6.09. The van der Waals surface area contributed by atoms with Crippen LogP contribution in [0.25, 0.3) is 6.08 Å². The van der Waals surface area contributed by atoms with Gasteiger partial charge in [-0.05, 0) is 36.9 Å². The normalized spacial score (nSPS) is 13.2. The van der Waals surface area contributed by atoms with E-state index in [1.165, 1.54) is 0 Å². The zero-order valence-electron chi connectivity index (χ0n) is 10.9. The van der Waals surface area contributed by atoms with Gasteiger partial charge in [0.15, 0.2) is 5.82 Å². The molecule has 1 aromatic heterocycles. The van der Waals surface area contributed by atoms with Crippen LogP contribution in [-0.2, 0) is 0 Å². The average Bonchev–Trinajstić information content (AvgIpc) is 2.27. The van der Waals surface area contributed by atoms with E-state index in [9.17, 15) is 5.11 Å². The lowest BCUT2D eigenvalue weighted by atomic mass is 10.0. The van der Waals surface area contributed by atoms with Gasteiger partial charge in [0.05, 0.1) is 12.6 Å². The zero-order chi connectivity index (χ0) is 13.5. The molecule has 0 saturated heterocycles. The predicted molar refractivity (Wildman–Crippen MR) is 73.5 cm³/mol. The van der Waals surface area contributed by atoms with E-state index < -0.39 is 0 Å². The number of rotatable bonds is 6. The molecule has 1 aromatic rings. The fourth-order valence-corrected chi connectivity index (χ4v) is 1.75. The van der Waals surface area contributed by atoms with Crippen molar-refractivity contribution in [2.75, 3.05) is 11.9 Å². The van der Waals surface area contributed by atoms with E-state index in [0.717, 1.165) is 6.42 Å². The first kappa shape index (κ1) is 14.9. The standard InChI is InChI=1S/C12H19ClN4O/c1-4-5-10-15-11(13)17-12(16-10)14-9(7-18)6-8(2)3/h4-5,8-9,18H,6-7H2,1-3H3,(H,14,15,16,17)/b5-4+. The summed E-state index contributed by atoms with van der Waals surface area (Å²) in [6, 6.07) is -0.0816. The number of anilines is 1. The molecule has 1 heterocycles. The van der Waals surface area contributed by atoms with Crippen LogP contribution in [-0.4, -0.2) is 32.7 Å². The molecule has 0 bridgehead atoms. The van der Waals surface area contributed by atoms with E-state index >= 15 is 0 Å². The van der Waals surface area contributed by atoms with Gasteiger partial charge in [0, 0.05) is 0 Å². The minimum absolute atomic E-state index is 0.0282. The lowest BCUT2D eigenvalue weighted by Crippen LogP contribution is -2.27. The molecule has 0 amide bonds. The molecule has 0 aliphatic rings. The van der Waals surface area contributed by atoms with Gasteiger partial charge in [0.25, 0.3) is 0 Å². The van der Waals surface area contributed by atoms with Gasteiger partial charge in [-0.1, -0.05) is 19.9 Å². The topological polar surface area (TPSA) is 70.9 Å². The molecule has 5 nitrogen and oxygen atoms in total. The maximum absolute atomic E-state index is 9.30. The molecule has 0 aliphatic carbocycles. The summed E-state index contributed by atoms with van der Waals surface area (Å²) in [6.07, 6.45) is 4.40. The number of aliphatic hydroxyl groups is 1. The van der Waals surface area contributed by atoms with Crippen molar-refractivity contribution in [3.05, 3.63) is 17.2 Å². The first-order valence-corrected chi connectivity index (χ1v) is 6.34. The van der Waals surface area contributed by atoms with Crippen LogP contribution < -0.4 is 5.32 Å². The van der Waals surface area contributed by atoms with E-state index in [2.05, 4.69) is 34.1 Å². The van der Waals surface area contributed by atoms with Crippen molar-refractivity contribution in [2.45, 2.75) is 33.2 Å². The SMILES string of the molecule is C/C=C/c1nc(Cl)nc(NC(CO)CC(C)C)n1. The summed E-state index contributed by atoms with van der Waals surface area (Å²) in [7, 11) is 0. The molecule has 0 saturated carbocycles. The van der Waals surface area contributed by atoms with Gasteiger partial charge >= 0.3 is 0 Å². The highest BCUT2D eigenvalue weighted by molar-refractivity contribution is 6.28. The number of aromatic nitrogens is 3. The van der Waals surface area contributed by atoms with Crippen LogP contribution >= 0.6 is 11.6 Å². The van der Waals surface area contributed by atoms with E-state index in [4.69, 9.17) is 11.6 Å². The molecule has 1 rings (SSSR count). The smallest absolute Gasteiger partial charge is 0.227 e. The van der Waals surface area contributed by atoms with Gasteiger partial charge in [0.2, 0.25) is 11.2 Å². The average molecular weight is 271 g/mol. The fourth-order valence-electron chi connectivity index (χ4n) is 1.58. The van der Waals surface area contributed by atoms with Crippen molar-refractivity contribution >= 4 is 23.6 Å². The minimum Gasteiger partial charge on any atom is -0.394 e. The Morgan fingerprint density at radius 3 is 2.61 bits per heavy atom. The van der Waals surface area contributed by atoms with Crippen molar-refractivity contribution in [3.8, 4) is 0 Å². The lowest BCUT2D eigenvalue weighted by molar-refractivity contribution is 0.259. The highest BCUT2D eigenvalue weighted by atomic mass is 35.5. The van der Waals surface area contributed by atoms with Gasteiger partial charge in [-0.25, -0.2) is 0 Å². The van der Waals surface area contributed by atoms with Gasteiger partial charge in [-0.3, -0.25) is 0 Å². The lowest BCUT2D eigenvalue weighted by Gasteiger charge is -2.18. The second kappa shape index (κ2) is 7.28. The Labute approximate surface area is 112 Å². The third-order valence-electron chi connectivity index (χ3n) is 2.25. The Kier molecular flexibility index (Phi) is 6.01. The molecule has 0 radical (unpaired) electrons. The van der Waals surface area contributed by atoms with Crippen molar-refractivity contribution in [2.24, 2.45) is 5.92 Å². The van der Waals surface area contributed by atoms with Crippen molar-refractivity contribution < 1.29 is 5.11 Å². The second-order valence-corrected chi connectivity index (χ2v) is 4.78. The van der Waals surface area contributed by atoms with Crippen LogP contribution in [0.3, 0.4) is 0 Å². The zero-order valence-corrected chi connectivity index (χ0v) is 11.6. The molecule has 18 heavy (non-hydrogen) atoms. The molecular formula is C12H19ClN4O. The van der Waals surface area contributed by atoms with Crippen molar-refractivity contribution in [3.63, 3.8) is 0 Å². The number of nitrogens with one attached hydrogen (secondary N) is 1. The molecule has 2 N–H and O–H groups in total. The van der Waals surface area contributed by atoms with Crippen LogP contribution in [0.1, 0.15) is 33.0 Å². The Morgan fingerprint density at radius 1 is 1.33 bits per heavy atom. The van der Waals surface area contributed by atoms with Gasteiger partial charge in [-0.15, -0.1) is 0 Å². The van der Waals surface area contributed by atoms with Crippen LogP contribution in [0, 0.1) is 5.92 Å². The number of hydrogen-bond acceptors (Lipinski definition) is 5. The van der Waals surface area contributed by atoms with Crippen LogP contribution in [0.15, 0.2) is 6.08 Å². The Bertz CT molecular complexity index is 409. The van der Waals surface area contributed by atoms with Crippen molar-refractivity contribution in [1.29, 1.82) is 0 Å². The first-order chi connectivity index (χ1) is 8.55. The van der Waals surface area contributed by atoms with Gasteiger partial charge in [-0.2, -0.15) is 15.0 Å². The summed E-state index contributed by atoms with van der Waals surface area (Å²) < 4.78 is 0. The monoisotopic (exact) mass is 270 g/mol. The Hall–Kier alpha value is -1.20. The molecule has 0 spiro atoms. The predicted octanol–water partition coefficient (Wildman–Crippen LogP) is 2.38. The summed E-state index contributed by atoms with van der Waals surface area (Å²) >= 11 is 5.82. The van der Waals surface area contributed by atoms with E-state index in [1.807, 2.05) is 13.0 Å². The molecule has 100 valence electrons. The molecular weight excluding hydrogens is 252 g/mol. The van der Waals surface area contributed by atoms with Gasteiger partial charge < -0.3 is 10.4 Å². The quantitative estimate of drug-likeness (QED) is 0.830. The molecule has 0 aromatic carbocycles. The number of allylic oxidation sites excluding steroid dienone is 1. The first-order valence-electron chi connectivity index (χ1n) is 5.96. The summed E-state index contributed by atoms with van der Waals surface area (Å²) in [5, 5.41) is 12.5. The number of halogens is 1. The molecule has 1 unspecified atom stereocenters. The highest BCUT2D eigenvalue weighted by Crippen LogP contribution is 2.12. The van der Waals surface area contributed by atoms with E-state index in [0.29, 0.717) is 17.7 Å². The van der Waals surface area contributed by atoms with E-state index in [-0.39, 0.29) is 17.9 Å². The second-order valence-electron chi connectivity index (χ2n) is 4.44. The minimum atomic E-state index is -0.0816. The molecule has 0 fully saturated rings. The summed E-state index contributed by atoms with van der Waals surface area (Å²) in [4.78, 5) is 12.2. The number of nitrogens with zero attached hydrogens (tertiary/aromatic N) is 3. The number of hydrogen-bond donors (Lipinski definition) is 2. The van der Waals surface area contributed by atoms with Gasteiger partial charge in [0.1, 0.15) is 0 Å². The molecule has 6 heteroatoms. The molecule has 1 atom stereocenters. The third-order valence-corrected chi connectivity index (χ3v) is 2.42. The summed E-state index contributed by atoms with van der Waals surface area (Å²) in [5.41, 5.74) is 0. The van der Waals surface area contributed by atoms with Crippen LogP contribution in [0.4, 0.5) is 5.95 Å². The Balaban J connectivity index is 2.82. The highest BCUT2D eigenvalue weighted by Gasteiger charge is 2.12. The maximum atomic E-state index is 9.30. The van der Waals surface area contributed by atoms with Crippen molar-refractivity contribution in [1.82, 2.24) is 15.0 Å².